The molecule has 0 radical (unpaired) electrons. The Kier molecular flexibility index (Phi) is 5.74. The van der Waals surface area contributed by atoms with Gasteiger partial charge in [-0.05, 0) is 24.0 Å². The van der Waals surface area contributed by atoms with Crippen LogP contribution in [0.5, 0.6) is 0 Å². The average Bonchev–Trinajstić information content (AvgIpc) is 3.04. The molecule has 2 heterocycles. The summed E-state index contributed by atoms with van der Waals surface area (Å²) < 4.78 is 7.45. The second kappa shape index (κ2) is 8.06. The molecule has 1 aromatic carbocycles. The predicted molar refractivity (Wildman–Crippen MR) is 107 cm³/mol. The summed E-state index contributed by atoms with van der Waals surface area (Å²) >= 11 is 6.36. The van der Waals surface area contributed by atoms with Crippen molar-refractivity contribution in [2.75, 3.05) is 14.2 Å². The maximum Gasteiger partial charge on any atom is 0.418 e. The van der Waals surface area contributed by atoms with Crippen molar-refractivity contribution in [2.24, 2.45) is 5.92 Å². The van der Waals surface area contributed by atoms with Crippen LogP contribution >= 0.6 is 11.6 Å². The zero-order valence-electron chi connectivity index (χ0n) is 16.2. The first-order chi connectivity index (χ1) is 13.4. The Morgan fingerprint density at radius 2 is 1.96 bits per heavy atom. The van der Waals surface area contributed by atoms with E-state index in [9.17, 15) is 9.59 Å². The number of methoxy groups -OCH3 is 1. The average molecular weight is 404 g/mol. The first kappa shape index (κ1) is 19.9. The van der Waals surface area contributed by atoms with E-state index in [0.29, 0.717) is 17.6 Å². The lowest BCUT2D eigenvalue weighted by atomic mass is 10.1. The lowest BCUT2D eigenvalue weighted by molar-refractivity contribution is 0.145. The fraction of sp³-hybridized carbons (Fsp3) is 0.350. The molecule has 0 spiro atoms. The fourth-order valence-electron chi connectivity index (χ4n) is 3.24. The smallest absolute Gasteiger partial charge is 0.418 e. The molecule has 0 unspecified atom stereocenters. The lowest BCUT2D eigenvalue weighted by Crippen LogP contribution is -2.33. The van der Waals surface area contributed by atoms with Gasteiger partial charge in [0.25, 0.3) is 0 Å². The monoisotopic (exact) mass is 403 g/mol. The summed E-state index contributed by atoms with van der Waals surface area (Å²) in [5.74, 6) is 0.281. The number of nitrogens with zero attached hydrogens (tertiary/aromatic N) is 3. The summed E-state index contributed by atoms with van der Waals surface area (Å²) in [6.45, 7) is 4.05. The van der Waals surface area contributed by atoms with E-state index in [0.717, 1.165) is 10.9 Å². The van der Waals surface area contributed by atoms with Gasteiger partial charge in [0.05, 0.1) is 18.3 Å². The quantitative estimate of drug-likeness (QED) is 0.653. The van der Waals surface area contributed by atoms with Crippen LogP contribution < -0.4 is 10.4 Å². The van der Waals surface area contributed by atoms with Crippen LogP contribution in [0.2, 0.25) is 5.15 Å². The van der Waals surface area contributed by atoms with Crippen molar-refractivity contribution in [3.63, 3.8) is 0 Å². The van der Waals surface area contributed by atoms with Crippen LogP contribution in [-0.4, -0.2) is 34.6 Å². The molecule has 3 aromatic rings. The van der Waals surface area contributed by atoms with E-state index >= 15 is 0 Å². The second-order valence-electron chi connectivity index (χ2n) is 6.86. The van der Waals surface area contributed by atoms with Gasteiger partial charge in [0, 0.05) is 18.0 Å². The Balaban J connectivity index is 2.11. The highest BCUT2D eigenvalue weighted by molar-refractivity contribution is 6.30. The first-order valence-electron chi connectivity index (χ1n) is 8.89. The number of rotatable bonds is 5. The van der Waals surface area contributed by atoms with Crippen LogP contribution in [0.4, 0.5) is 4.79 Å². The molecule has 0 aliphatic heterocycles. The third-order valence-electron chi connectivity index (χ3n) is 4.46. The minimum Gasteiger partial charge on any atom is -0.452 e. The molecular weight excluding hydrogens is 382 g/mol. The van der Waals surface area contributed by atoms with E-state index in [4.69, 9.17) is 21.2 Å². The maximum atomic E-state index is 12.9. The zero-order chi connectivity index (χ0) is 20.4. The van der Waals surface area contributed by atoms with Crippen LogP contribution in [0.3, 0.4) is 0 Å². The molecule has 0 atom stereocenters. The largest absolute Gasteiger partial charge is 0.452 e. The number of para-hydroxylation sites is 1. The van der Waals surface area contributed by atoms with Gasteiger partial charge in [-0.3, -0.25) is 9.36 Å². The molecule has 148 valence electrons. The molecule has 0 saturated carbocycles. The third kappa shape index (κ3) is 3.62. The highest BCUT2D eigenvalue weighted by Gasteiger charge is 2.20. The SMILES string of the molecule is COC(=O)n1cc(Cc2nc(Cl)c(CC(C)C)n(OC)c2=O)c2ccccc21. The van der Waals surface area contributed by atoms with E-state index in [2.05, 4.69) is 4.98 Å². The number of halogens is 1. The number of ether oxygens (including phenoxy) is 1. The van der Waals surface area contributed by atoms with Gasteiger partial charge in [0.15, 0.2) is 5.15 Å². The van der Waals surface area contributed by atoms with E-state index in [1.807, 2.05) is 38.1 Å². The van der Waals surface area contributed by atoms with Gasteiger partial charge in [-0.1, -0.05) is 43.6 Å². The van der Waals surface area contributed by atoms with E-state index < -0.39 is 6.09 Å². The Labute approximate surface area is 167 Å². The molecule has 7 nitrogen and oxygen atoms in total. The van der Waals surface area contributed by atoms with Gasteiger partial charge in [-0.15, -0.1) is 4.73 Å². The maximum absolute atomic E-state index is 12.9. The molecular formula is C20H22ClN3O4. The van der Waals surface area contributed by atoms with Gasteiger partial charge in [0.2, 0.25) is 0 Å². The van der Waals surface area contributed by atoms with Gasteiger partial charge < -0.3 is 9.57 Å². The summed E-state index contributed by atoms with van der Waals surface area (Å²) in [5, 5.41) is 1.07. The predicted octanol–water partition coefficient (Wildman–Crippen LogP) is 3.31. The Hall–Kier alpha value is -2.80. The Morgan fingerprint density at radius 3 is 2.61 bits per heavy atom. The molecule has 2 aromatic heterocycles. The lowest BCUT2D eigenvalue weighted by Gasteiger charge is -2.15. The highest BCUT2D eigenvalue weighted by atomic mass is 35.5. The van der Waals surface area contributed by atoms with Crippen LogP contribution in [-0.2, 0) is 17.6 Å². The van der Waals surface area contributed by atoms with E-state index in [-0.39, 0.29) is 28.7 Å². The molecule has 3 rings (SSSR count). The molecule has 0 fully saturated rings. The fourth-order valence-corrected chi connectivity index (χ4v) is 3.49. The van der Waals surface area contributed by atoms with Gasteiger partial charge >= 0.3 is 11.7 Å². The Bertz CT molecular complexity index is 1080. The zero-order valence-corrected chi connectivity index (χ0v) is 17.0. The summed E-state index contributed by atoms with van der Waals surface area (Å²) in [5.41, 5.74) is 1.88. The molecule has 0 N–H and O–H groups in total. The van der Waals surface area contributed by atoms with Gasteiger partial charge in [0.1, 0.15) is 12.8 Å². The third-order valence-corrected chi connectivity index (χ3v) is 4.76. The molecule has 0 bridgehead atoms. The number of fused-ring (bicyclic) bond motifs is 1. The van der Waals surface area contributed by atoms with Crippen molar-refractivity contribution in [1.29, 1.82) is 0 Å². The van der Waals surface area contributed by atoms with Crippen molar-refractivity contribution in [2.45, 2.75) is 26.7 Å². The first-order valence-corrected chi connectivity index (χ1v) is 9.27. The summed E-state index contributed by atoms with van der Waals surface area (Å²) in [7, 11) is 2.75. The molecule has 28 heavy (non-hydrogen) atoms. The molecule has 0 aliphatic rings. The minimum absolute atomic E-state index is 0.203. The van der Waals surface area contributed by atoms with Crippen molar-refractivity contribution >= 4 is 28.6 Å². The standard InChI is InChI=1S/C20H22ClN3O4/c1-12(2)9-17-18(21)22-15(19(25)24(17)28-4)10-13-11-23(20(26)27-3)16-8-6-5-7-14(13)16/h5-8,11-12H,9-10H2,1-4H3. The molecule has 0 amide bonds. The second-order valence-corrected chi connectivity index (χ2v) is 7.22. The van der Waals surface area contributed by atoms with Crippen molar-refractivity contribution in [3.8, 4) is 0 Å². The van der Waals surface area contributed by atoms with E-state index in [1.165, 1.54) is 23.5 Å². The number of aromatic nitrogens is 3. The van der Waals surface area contributed by atoms with Crippen LogP contribution in [0.25, 0.3) is 10.9 Å². The minimum atomic E-state index is -0.505. The number of hydrogen-bond donors (Lipinski definition) is 0. The van der Waals surface area contributed by atoms with Gasteiger partial charge in [-0.25, -0.2) is 9.78 Å². The van der Waals surface area contributed by atoms with Gasteiger partial charge in [-0.2, -0.15) is 0 Å². The van der Waals surface area contributed by atoms with Crippen LogP contribution in [0.1, 0.15) is 30.8 Å². The van der Waals surface area contributed by atoms with Crippen molar-refractivity contribution in [1.82, 2.24) is 14.3 Å². The summed E-state index contributed by atoms with van der Waals surface area (Å²) in [4.78, 5) is 34.6. The number of carbonyl (C=O) groups excluding carboxylic acids is 1. The number of benzene rings is 1. The topological polar surface area (TPSA) is 75.3 Å². The highest BCUT2D eigenvalue weighted by Crippen LogP contribution is 2.24. The van der Waals surface area contributed by atoms with E-state index in [1.54, 1.807) is 6.20 Å². The normalized spacial score (nSPS) is 11.2. The summed E-state index contributed by atoms with van der Waals surface area (Å²) in [6, 6.07) is 7.40. The van der Waals surface area contributed by atoms with Crippen molar-refractivity contribution in [3.05, 3.63) is 62.9 Å². The number of hydrogen-bond acceptors (Lipinski definition) is 5. The van der Waals surface area contributed by atoms with Crippen LogP contribution in [0, 0.1) is 5.92 Å². The molecule has 0 saturated heterocycles. The molecule has 0 aliphatic carbocycles. The summed E-state index contributed by atoms with van der Waals surface area (Å²) in [6.07, 6.45) is 1.92. The van der Waals surface area contributed by atoms with Crippen molar-refractivity contribution < 1.29 is 14.4 Å². The molecule has 8 heteroatoms. The van der Waals surface area contributed by atoms with Crippen LogP contribution in [0.15, 0.2) is 35.3 Å². The Morgan fingerprint density at radius 1 is 1.25 bits per heavy atom. The number of carbonyl (C=O) groups is 1.